The maximum Gasteiger partial charge on any atom is 0.330 e. The maximum atomic E-state index is 12.0. The van der Waals surface area contributed by atoms with Crippen LogP contribution in [0.2, 0.25) is 0 Å². The quantitative estimate of drug-likeness (QED) is 0.0878. The number of aliphatic carboxylic acids is 1. The molecule has 200 valence electrons. The van der Waals surface area contributed by atoms with Crippen LogP contribution in [0, 0.1) is 11.8 Å². The van der Waals surface area contributed by atoms with Gasteiger partial charge in [-0.05, 0) is 52.4 Å². The third kappa shape index (κ3) is 10.4. The Hall–Kier alpha value is -1.78. The van der Waals surface area contributed by atoms with E-state index in [2.05, 4.69) is 0 Å². The summed E-state index contributed by atoms with van der Waals surface area (Å²) in [6.07, 6.45) is 5.88. The summed E-state index contributed by atoms with van der Waals surface area (Å²) in [5, 5.41) is 39.4. The Bertz CT molecular complexity index is 732. The van der Waals surface area contributed by atoms with Crippen molar-refractivity contribution in [3.05, 3.63) is 23.8 Å². The van der Waals surface area contributed by atoms with Crippen molar-refractivity contribution in [1.29, 1.82) is 0 Å². The van der Waals surface area contributed by atoms with Gasteiger partial charge in [-0.25, -0.2) is 4.79 Å². The van der Waals surface area contributed by atoms with E-state index in [0.717, 1.165) is 12.8 Å². The molecule has 0 amide bonds. The SMILES string of the molecule is CC(=CC(=O)OCCCCC=CCCC(=O)O)C[C@@H]1OC[C@H](C[C@@H]2O[C@H]2[C@@H](C)[C@H](C)O)[C@@H](O)[C@H]1O. The molecule has 4 N–H and O–H groups in total. The zero-order chi connectivity index (χ0) is 26.0. The van der Waals surface area contributed by atoms with Gasteiger partial charge in [0, 0.05) is 24.3 Å². The molecule has 0 radical (unpaired) electrons. The van der Waals surface area contributed by atoms with Crippen molar-refractivity contribution >= 4 is 11.9 Å². The monoisotopic (exact) mass is 498 g/mol. The lowest BCUT2D eigenvalue weighted by atomic mass is 9.85. The highest BCUT2D eigenvalue weighted by Crippen LogP contribution is 2.38. The van der Waals surface area contributed by atoms with Gasteiger partial charge in [0.1, 0.15) is 6.10 Å². The highest BCUT2D eigenvalue weighted by Gasteiger charge is 2.48. The number of carbonyl (C=O) groups excluding carboxylic acids is 1. The summed E-state index contributed by atoms with van der Waals surface area (Å²) >= 11 is 0. The highest BCUT2D eigenvalue weighted by molar-refractivity contribution is 5.82. The molecule has 9 nitrogen and oxygen atoms in total. The fourth-order valence-electron chi connectivity index (χ4n) is 4.31. The fourth-order valence-corrected chi connectivity index (χ4v) is 4.31. The minimum atomic E-state index is -1.07. The van der Waals surface area contributed by atoms with Crippen molar-refractivity contribution < 1.29 is 44.2 Å². The van der Waals surface area contributed by atoms with Crippen molar-refractivity contribution in [2.75, 3.05) is 13.2 Å². The van der Waals surface area contributed by atoms with Crippen LogP contribution >= 0.6 is 0 Å². The zero-order valence-electron chi connectivity index (χ0n) is 21.0. The van der Waals surface area contributed by atoms with Gasteiger partial charge in [0.25, 0.3) is 0 Å². The number of carbonyl (C=O) groups is 2. The summed E-state index contributed by atoms with van der Waals surface area (Å²) in [6.45, 7) is 6.01. The smallest absolute Gasteiger partial charge is 0.330 e. The second-order valence-electron chi connectivity index (χ2n) is 9.85. The van der Waals surface area contributed by atoms with Gasteiger partial charge < -0.3 is 34.6 Å². The van der Waals surface area contributed by atoms with Gasteiger partial charge in [-0.2, -0.15) is 0 Å². The number of allylic oxidation sites excluding steroid dienone is 2. The predicted molar refractivity (Wildman–Crippen MR) is 129 cm³/mol. The number of unbranched alkanes of at least 4 members (excludes halogenated alkanes) is 2. The number of hydrogen-bond donors (Lipinski definition) is 4. The number of ether oxygens (including phenoxy) is 3. The average Bonchev–Trinajstić information content (AvgIpc) is 3.55. The van der Waals surface area contributed by atoms with Crippen molar-refractivity contribution in [3.8, 4) is 0 Å². The lowest BCUT2D eigenvalue weighted by Gasteiger charge is -2.38. The minimum Gasteiger partial charge on any atom is -0.481 e. The molecule has 2 fully saturated rings. The molecule has 0 aromatic carbocycles. The molecule has 0 bridgehead atoms. The van der Waals surface area contributed by atoms with E-state index in [4.69, 9.17) is 19.3 Å². The maximum absolute atomic E-state index is 12.0. The molecule has 0 aromatic heterocycles. The number of carboxylic acid groups (broad SMARTS) is 1. The number of aliphatic hydroxyl groups excluding tert-OH is 3. The second-order valence-corrected chi connectivity index (χ2v) is 9.85. The normalized spacial score (nSPS) is 30.7. The molecular weight excluding hydrogens is 456 g/mol. The van der Waals surface area contributed by atoms with Gasteiger partial charge in [0.15, 0.2) is 0 Å². The third-order valence-electron chi connectivity index (χ3n) is 6.76. The summed E-state index contributed by atoms with van der Waals surface area (Å²) in [7, 11) is 0. The average molecular weight is 499 g/mol. The number of aliphatic hydroxyl groups is 3. The summed E-state index contributed by atoms with van der Waals surface area (Å²) in [5.41, 5.74) is 0.697. The molecule has 9 heteroatoms. The predicted octanol–water partition coefficient (Wildman–Crippen LogP) is 2.37. The Labute approximate surface area is 207 Å². The van der Waals surface area contributed by atoms with Crippen molar-refractivity contribution in [3.63, 3.8) is 0 Å². The van der Waals surface area contributed by atoms with Gasteiger partial charge in [0.2, 0.25) is 0 Å². The Kier molecular flexibility index (Phi) is 12.4. The molecule has 2 rings (SSSR count). The number of rotatable bonds is 15. The number of esters is 1. The van der Waals surface area contributed by atoms with E-state index >= 15 is 0 Å². The van der Waals surface area contributed by atoms with Crippen molar-refractivity contribution in [2.45, 2.75) is 102 Å². The zero-order valence-corrected chi connectivity index (χ0v) is 21.0. The molecule has 8 atom stereocenters. The lowest BCUT2D eigenvalue weighted by molar-refractivity contribution is -0.165. The molecule has 0 aromatic rings. The molecule has 35 heavy (non-hydrogen) atoms. The standard InChI is InChI=1S/C26H42O9/c1-16(13-23(30)33-11-9-7-5-4-6-8-10-22(28)29)12-20-25(32)24(31)19(15-34-20)14-21-26(35-21)17(2)18(3)27/h4,6,13,17-21,24-27,31-32H,5,7-12,14-15H2,1-3H3,(H,28,29)/t17-,18-,19-,20-,21-,24+,25-,26-/m0/s1. The topological polar surface area (TPSA) is 146 Å². The molecule has 0 unspecified atom stereocenters. The van der Waals surface area contributed by atoms with Crippen LogP contribution in [-0.2, 0) is 23.8 Å². The Balaban J connectivity index is 1.64. The Morgan fingerprint density at radius 2 is 1.80 bits per heavy atom. The Morgan fingerprint density at radius 3 is 2.49 bits per heavy atom. The molecule has 2 saturated heterocycles. The van der Waals surface area contributed by atoms with E-state index in [9.17, 15) is 24.9 Å². The van der Waals surface area contributed by atoms with Crippen molar-refractivity contribution in [2.24, 2.45) is 11.8 Å². The Morgan fingerprint density at radius 1 is 1.09 bits per heavy atom. The van der Waals surface area contributed by atoms with Crippen LogP contribution in [0.15, 0.2) is 23.8 Å². The van der Waals surface area contributed by atoms with Crippen LogP contribution in [0.25, 0.3) is 0 Å². The fraction of sp³-hybridized carbons (Fsp3) is 0.769. The van der Waals surface area contributed by atoms with Crippen molar-refractivity contribution in [1.82, 2.24) is 0 Å². The van der Waals surface area contributed by atoms with Crippen LogP contribution in [0.3, 0.4) is 0 Å². The first kappa shape index (κ1) is 29.5. The van der Waals surface area contributed by atoms with E-state index in [1.807, 2.05) is 19.1 Å². The minimum absolute atomic E-state index is 0.0131. The summed E-state index contributed by atoms with van der Waals surface area (Å²) in [4.78, 5) is 22.5. The summed E-state index contributed by atoms with van der Waals surface area (Å²) in [6, 6.07) is 0. The van der Waals surface area contributed by atoms with Gasteiger partial charge in [-0.1, -0.05) is 24.6 Å². The molecule has 2 aliphatic rings. The lowest BCUT2D eigenvalue weighted by Crippen LogP contribution is -2.50. The second kappa shape index (κ2) is 14.7. The summed E-state index contributed by atoms with van der Waals surface area (Å²) < 4.78 is 16.7. The van der Waals surface area contributed by atoms with Gasteiger partial charge in [-0.15, -0.1) is 0 Å². The first-order valence-electron chi connectivity index (χ1n) is 12.6. The highest BCUT2D eigenvalue weighted by atomic mass is 16.6. The first-order chi connectivity index (χ1) is 16.6. The van der Waals surface area contributed by atoms with Gasteiger partial charge in [0.05, 0.1) is 43.7 Å². The molecular formula is C26H42O9. The van der Waals surface area contributed by atoms with Gasteiger partial charge >= 0.3 is 11.9 Å². The van der Waals surface area contributed by atoms with E-state index in [1.165, 1.54) is 6.08 Å². The third-order valence-corrected chi connectivity index (χ3v) is 6.76. The van der Waals surface area contributed by atoms with Gasteiger partial charge in [-0.3, -0.25) is 4.79 Å². The first-order valence-corrected chi connectivity index (χ1v) is 12.6. The van der Waals surface area contributed by atoms with E-state index in [1.54, 1.807) is 13.8 Å². The van der Waals surface area contributed by atoms with Crippen LogP contribution < -0.4 is 0 Å². The molecule has 2 heterocycles. The molecule has 0 spiro atoms. The number of epoxide rings is 1. The summed E-state index contributed by atoms with van der Waals surface area (Å²) in [5.74, 6) is -1.50. The molecule has 0 saturated carbocycles. The van der Waals surface area contributed by atoms with E-state index in [-0.39, 0.29) is 30.5 Å². The van der Waals surface area contributed by atoms with E-state index < -0.39 is 36.4 Å². The molecule has 0 aliphatic carbocycles. The molecule has 2 aliphatic heterocycles. The van der Waals surface area contributed by atoms with Crippen LogP contribution in [0.4, 0.5) is 0 Å². The van der Waals surface area contributed by atoms with E-state index in [0.29, 0.717) is 44.5 Å². The van der Waals surface area contributed by atoms with Crippen LogP contribution in [0.1, 0.15) is 65.7 Å². The van der Waals surface area contributed by atoms with Crippen LogP contribution in [-0.4, -0.2) is 82.2 Å². The number of carboxylic acids is 1. The van der Waals surface area contributed by atoms with Crippen LogP contribution in [0.5, 0.6) is 0 Å². The largest absolute Gasteiger partial charge is 0.481 e. The number of hydrogen-bond acceptors (Lipinski definition) is 8.